The van der Waals surface area contributed by atoms with E-state index in [1.807, 2.05) is 48.5 Å². The van der Waals surface area contributed by atoms with Crippen molar-refractivity contribution in [1.29, 1.82) is 0 Å². The Morgan fingerprint density at radius 2 is 1.15 bits per heavy atom. The molecule has 2 aromatic rings. The first-order valence-corrected chi connectivity index (χ1v) is 13.3. The Labute approximate surface area is 202 Å². The van der Waals surface area contributed by atoms with Gasteiger partial charge >= 0.3 is 0 Å². The van der Waals surface area contributed by atoms with Gasteiger partial charge in [0, 0.05) is 11.1 Å². The van der Waals surface area contributed by atoms with E-state index < -0.39 is 5.41 Å². The largest absolute Gasteiger partial charge is 0.293 e. The summed E-state index contributed by atoms with van der Waals surface area (Å²) in [4.78, 5) is 28.2. The number of aryl methyl sites for hydroxylation is 1. The molecule has 0 spiro atoms. The predicted octanol–water partition coefficient (Wildman–Crippen LogP) is 9.02. The van der Waals surface area contributed by atoms with Crippen LogP contribution in [-0.2, 0) is 6.42 Å². The molecule has 33 heavy (non-hydrogen) atoms. The zero-order chi connectivity index (χ0) is 23.9. The van der Waals surface area contributed by atoms with Crippen LogP contribution in [0.25, 0.3) is 0 Å². The molecule has 0 atom stereocenters. The minimum absolute atomic E-state index is 0.00405. The molecule has 0 aliphatic heterocycles. The van der Waals surface area contributed by atoms with Crippen molar-refractivity contribution in [2.24, 2.45) is 5.41 Å². The van der Waals surface area contributed by atoms with E-state index in [1.165, 1.54) is 32.1 Å². The van der Waals surface area contributed by atoms with Crippen LogP contribution in [0.5, 0.6) is 0 Å². The van der Waals surface area contributed by atoms with E-state index in [-0.39, 0.29) is 11.6 Å². The van der Waals surface area contributed by atoms with Crippen molar-refractivity contribution in [2.75, 3.05) is 0 Å². The number of Topliss-reactive ketones (excluding diaryl/α,β-unsaturated/α-hetero) is 2. The molecule has 0 fully saturated rings. The van der Waals surface area contributed by atoms with Gasteiger partial charge in [-0.25, -0.2) is 0 Å². The summed E-state index contributed by atoms with van der Waals surface area (Å²) in [5, 5.41) is 0. The van der Waals surface area contributed by atoms with Crippen molar-refractivity contribution in [3.8, 4) is 0 Å². The van der Waals surface area contributed by atoms with Crippen LogP contribution in [0.2, 0.25) is 0 Å². The van der Waals surface area contributed by atoms with Gasteiger partial charge in [0.15, 0.2) is 11.6 Å². The van der Waals surface area contributed by atoms with E-state index in [4.69, 9.17) is 0 Å². The summed E-state index contributed by atoms with van der Waals surface area (Å²) in [6, 6.07) is 17.5. The molecule has 2 nitrogen and oxygen atoms in total. The maximum atomic E-state index is 14.3. The van der Waals surface area contributed by atoms with Crippen LogP contribution in [0.15, 0.2) is 54.6 Å². The molecule has 0 amide bonds. The first-order valence-electron chi connectivity index (χ1n) is 13.3. The number of carbonyl (C=O) groups is 2. The molecule has 0 N–H and O–H groups in total. The summed E-state index contributed by atoms with van der Waals surface area (Å²) in [5.74, 6) is 0.0456. The lowest BCUT2D eigenvalue weighted by molar-refractivity contribution is 0.0620. The first-order chi connectivity index (χ1) is 16.1. The smallest absolute Gasteiger partial charge is 0.177 e. The molecule has 0 aliphatic carbocycles. The number of hydrogen-bond donors (Lipinski definition) is 0. The van der Waals surface area contributed by atoms with Crippen LogP contribution in [0.1, 0.15) is 124 Å². The van der Waals surface area contributed by atoms with Crippen molar-refractivity contribution in [3.63, 3.8) is 0 Å². The van der Waals surface area contributed by atoms with Gasteiger partial charge in [-0.3, -0.25) is 9.59 Å². The molecule has 2 aromatic carbocycles. The summed E-state index contributed by atoms with van der Waals surface area (Å²) in [7, 11) is 0. The third kappa shape index (κ3) is 7.66. The molecule has 0 aromatic heterocycles. The highest BCUT2D eigenvalue weighted by Crippen LogP contribution is 2.39. The maximum Gasteiger partial charge on any atom is 0.177 e. The molecule has 0 saturated heterocycles. The summed E-state index contributed by atoms with van der Waals surface area (Å²) < 4.78 is 0. The molecule has 0 aliphatic rings. The molecular formula is C31H44O2. The monoisotopic (exact) mass is 448 g/mol. The fourth-order valence-electron chi connectivity index (χ4n) is 4.82. The van der Waals surface area contributed by atoms with Gasteiger partial charge in [-0.1, -0.05) is 133 Å². The normalized spacial score (nSPS) is 11.5. The average Bonchev–Trinajstić information content (AvgIpc) is 2.86. The Bertz CT molecular complexity index is 829. The fraction of sp³-hybridized carbons (Fsp3) is 0.548. The van der Waals surface area contributed by atoms with E-state index in [9.17, 15) is 9.59 Å². The molecule has 0 bridgehead atoms. The third-order valence-corrected chi connectivity index (χ3v) is 6.88. The topological polar surface area (TPSA) is 34.1 Å². The molecule has 2 rings (SSSR count). The van der Waals surface area contributed by atoms with Gasteiger partial charge in [0.05, 0.1) is 5.41 Å². The van der Waals surface area contributed by atoms with Gasteiger partial charge in [-0.05, 0) is 31.2 Å². The molecule has 0 unspecified atom stereocenters. The average molecular weight is 449 g/mol. The van der Waals surface area contributed by atoms with Gasteiger partial charge in [0.25, 0.3) is 0 Å². The highest BCUT2D eigenvalue weighted by molar-refractivity contribution is 6.20. The highest BCUT2D eigenvalue weighted by Gasteiger charge is 2.45. The second kappa shape index (κ2) is 14.8. The number of hydrogen-bond acceptors (Lipinski definition) is 2. The lowest BCUT2D eigenvalue weighted by Gasteiger charge is -2.32. The van der Waals surface area contributed by atoms with Crippen LogP contribution in [0, 0.1) is 5.41 Å². The number of benzene rings is 2. The third-order valence-electron chi connectivity index (χ3n) is 6.88. The molecule has 2 heteroatoms. The summed E-state index contributed by atoms with van der Waals surface area (Å²) in [6.07, 6.45) is 13.3. The Balaban J connectivity index is 2.36. The van der Waals surface area contributed by atoms with Crippen molar-refractivity contribution in [1.82, 2.24) is 0 Å². The van der Waals surface area contributed by atoms with Crippen LogP contribution in [0.4, 0.5) is 0 Å². The van der Waals surface area contributed by atoms with Crippen LogP contribution in [-0.4, -0.2) is 11.6 Å². The minimum atomic E-state index is -0.968. The quantitative estimate of drug-likeness (QED) is 0.137. The first kappa shape index (κ1) is 27.0. The minimum Gasteiger partial charge on any atom is -0.293 e. The van der Waals surface area contributed by atoms with Crippen LogP contribution >= 0.6 is 0 Å². The molecular weight excluding hydrogens is 404 g/mol. The zero-order valence-corrected chi connectivity index (χ0v) is 21.2. The van der Waals surface area contributed by atoms with Crippen LogP contribution in [0.3, 0.4) is 0 Å². The van der Waals surface area contributed by atoms with E-state index in [0.29, 0.717) is 18.4 Å². The SMILES string of the molecule is CCCCCCCCc1ccccc1C(=O)C(CCCC)(CCCC)C(=O)c1ccccc1. The van der Waals surface area contributed by atoms with Crippen molar-refractivity contribution < 1.29 is 9.59 Å². The fourth-order valence-corrected chi connectivity index (χ4v) is 4.82. The van der Waals surface area contributed by atoms with E-state index in [2.05, 4.69) is 26.8 Å². The number of unbranched alkanes of at least 4 members (excludes halogenated alkanes) is 7. The van der Waals surface area contributed by atoms with Gasteiger partial charge in [-0.2, -0.15) is 0 Å². The summed E-state index contributed by atoms with van der Waals surface area (Å²) >= 11 is 0. The van der Waals surface area contributed by atoms with Crippen LogP contribution < -0.4 is 0 Å². The highest BCUT2D eigenvalue weighted by atomic mass is 16.2. The molecule has 0 saturated carbocycles. The second-order valence-corrected chi connectivity index (χ2v) is 9.49. The van der Waals surface area contributed by atoms with Gasteiger partial charge in [-0.15, -0.1) is 0 Å². The summed E-state index contributed by atoms with van der Waals surface area (Å²) in [6.45, 7) is 6.50. The molecule has 180 valence electrons. The van der Waals surface area contributed by atoms with Gasteiger partial charge in [0.1, 0.15) is 0 Å². The lowest BCUT2D eigenvalue weighted by Crippen LogP contribution is -2.40. The summed E-state index contributed by atoms with van der Waals surface area (Å²) in [5.41, 5.74) is 1.56. The Hall–Kier alpha value is -2.22. The van der Waals surface area contributed by atoms with E-state index >= 15 is 0 Å². The van der Waals surface area contributed by atoms with E-state index in [0.717, 1.165) is 49.7 Å². The number of carbonyl (C=O) groups excluding carboxylic acids is 2. The lowest BCUT2D eigenvalue weighted by atomic mass is 9.67. The Morgan fingerprint density at radius 3 is 1.79 bits per heavy atom. The Kier molecular flexibility index (Phi) is 12.1. The van der Waals surface area contributed by atoms with Gasteiger partial charge < -0.3 is 0 Å². The Morgan fingerprint density at radius 1 is 0.606 bits per heavy atom. The van der Waals surface area contributed by atoms with Crippen molar-refractivity contribution in [2.45, 2.75) is 104 Å². The maximum absolute atomic E-state index is 14.3. The van der Waals surface area contributed by atoms with Crippen molar-refractivity contribution >= 4 is 11.6 Å². The van der Waals surface area contributed by atoms with E-state index in [1.54, 1.807) is 0 Å². The van der Waals surface area contributed by atoms with Gasteiger partial charge in [0.2, 0.25) is 0 Å². The number of rotatable bonds is 17. The predicted molar refractivity (Wildman–Crippen MR) is 140 cm³/mol. The molecule has 0 radical (unpaired) electrons. The van der Waals surface area contributed by atoms with Crippen molar-refractivity contribution in [3.05, 3.63) is 71.3 Å². The molecule has 0 heterocycles. The second-order valence-electron chi connectivity index (χ2n) is 9.49. The number of ketones is 2. The zero-order valence-electron chi connectivity index (χ0n) is 21.2. The standard InChI is InChI=1S/C31H44O2/c1-4-7-10-11-12-14-19-26-20-17-18-23-28(26)30(33)31(24-8-5-2,25-9-6-3)29(32)27-21-15-13-16-22-27/h13,15-18,20-23H,4-12,14,19,24-25H2,1-3H3.